The minimum absolute atomic E-state index is 0.201. The normalized spacial score (nSPS) is 13.0. The van der Waals surface area contributed by atoms with E-state index in [1.54, 1.807) is 23.0 Å². The summed E-state index contributed by atoms with van der Waals surface area (Å²) in [6, 6.07) is 7.34. The van der Waals surface area contributed by atoms with Crippen LogP contribution in [-0.4, -0.2) is 22.5 Å². The molecular weight excluding hydrogens is 294 g/mol. The highest BCUT2D eigenvalue weighted by Gasteiger charge is 2.12. The predicted octanol–water partition coefficient (Wildman–Crippen LogP) is 2.92. The van der Waals surface area contributed by atoms with Crippen molar-refractivity contribution in [2.75, 3.05) is 12.1 Å². The van der Waals surface area contributed by atoms with Crippen molar-refractivity contribution >= 4 is 17.8 Å². The van der Waals surface area contributed by atoms with Gasteiger partial charge in [-0.05, 0) is 29.7 Å². The highest BCUT2D eigenvalue weighted by molar-refractivity contribution is 6.01. The van der Waals surface area contributed by atoms with Crippen molar-refractivity contribution in [1.82, 2.24) is 9.78 Å². The van der Waals surface area contributed by atoms with E-state index in [0.717, 1.165) is 17.9 Å². The van der Waals surface area contributed by atoms with Gasteiger partial charge in [0.1, 0.15) is 5.82 Å². The molecular formula is C17H19N3O3. The zero-order valence-electron chi connectivity index (χ0n) is 13.2. The van der Waals surface area contributed by atoms with Gasteiger partial charge in [0, 0.05) is 18.7 Å². The van der Waals surface area contributed by atoms with Crippen LogP contribution in [-0.2, 0) is 11.3 Å². The molecule has 0 unspecified atom stereocenters. The van der Waals surface area contributed by atoms with Crippen LogP contribution in [0.5, 0.6) is 11.5 Å². The first-order valence-electron chi connectivity index (χ1n) is 7.52. The number of rotatable bonds is 5. The van der Waals surface area contributed by atoms with Crippen LogP contribution in [0.3, 0.4) is 0 Å². The molecule has 2 heterocycles. The number of fused-ring (bicyclic) bond motifs is 1. The van der Waals surface area contributed by atoms with Gasteiger partial charge in [-0.15, -0.1) is 0 Å². The quantitative estimate of drug-likeness (QED) is 0.862. The van der Waals surface area contributed by atoms with Crippen LogP contribution >= 0.6 is 0 Å². The van der Waals surface area contributed by atoms with Crippen molar-refractivity contribution < 1.29 is 14.3 Å². The van der Waals surface area contributed by atoms with Crippen LogP contribution in [0.4, 0.5) is 5.82 Å². The average molecular weight is 313 g/mol. The predicted molar refractivity (Wildman–Crippen MR) is 87.3 cm³/mol. The third-order valence-corrected chi connectivity index (χ3v) is 3.33. The van der Waals surface area contributed by atoms with Crippen molar-refractivity contribution in [2.45, 2.75) is 20.4 Å². The monoisotopic (exact) mass is 313 g/mol. The summed E-state index contributed by atoms with van der Waals surface area (Å²) in [5, 5.41) is 7.05. The molecule has 1 aromatic heterocycles. The second-order valence-electron chi connectivity index (χ2n) is 5.73. The summed E-state index contributed by atoms with van der Waals surface area (Å²) in [5.41, 5.74) is 0.875. The number of carbonyl (C=O) groups excluding carboxylic acids is 1. The molecule has 1 N–H and O–H groups in total. The third kappa shape index (κ3) is 3.71. The second kappa shape index (κ2) is 6.56. The minimum atomic E-state index is -0.201. The SMILES string of the molecule is CC(C)Cn1nccc1NC(=O)/C=C/c1ccc2c(c1)OCO2. The van der Waals surface area contributed by atoms with E-state index in [4.69, 9.17) is 9.47 Å². The molecule has 0 spiro atoms. The maximum absolute atomic E-state index is 12.1. The molecule has 0 atom stereocenters. The van der Waals surface area contributed by atoms with Crippen molar-refractivity contribution in [3.8, 4) is 11.5 Å². The molecule has 23 heavy (non-hydrogen) atoms. The van der Waals surface area contributed by atoms with E-state index in [1.807, 2.05) is 18.2 Å². The fourth-order valence-electron chi connectivity index (χ4n) is 2.29. The van der Waals surface area contributed by atoms with Crippen LogP contribution in [0.1, 0.15) is 19.4 Å². The van der Waals surface area contributed by atoms with Gasteiger partial charge in [-0.2, -0.15) is 5.10 Å². The van der Waals surface area contributed by atoms with Gasteiger partial charge in [0.15, 0.2) is 11.5 Å². The molecule has 0 aliphatic carbocycles. The highest BCUT2D eigenvalue weighted by Crippen LogP contribution is 2.32. The van der Waals surface area contributed by atoms with Gasteiger partial charge in [-0.1, -0.05) is 19.9 Å². The maximum Gasteiger partial charge on any atom is 0.249 e. The molecule has 1 aromatic carbocycles. The van der Waals surface area contributed by atoms with Crippen LogP contribution in [0.15, 0.2) is 36.5 Å². The van der Waals surface area contributed by atoms with E-state index < -0.39 is 0 Å². The molecule has 120 valence electrons. The number of aromatic nitrogens is 2. The summed E-state index contributed by atoms with van der Waals surface area (Å²) in [6.45, 7) is 5.21. The number of amides is 1. The van der Waals surface area contributed by atoms with Crippen molar-refractivity contribution in [3.63, 3.8) is 0 Å². The van der Waals surface area contributed by atoms with Crippen molar-refractivity contribution in [3.05, 3.63) is 42.1 Å². The molecule has 2 aromatic rings. The van der Waals surface area contributed by atoms with Crippen molar-refractivity contribution in [2.24, 2.45) is 5.92 Å². The summed E-state index contributed by atoms with van der Waals surface area (Å²) in [4.78, 5) is 12.1. The molecule has 1 aliphatic heterocycles. The number of hydrogen-bond acceptors (Lipinski definition) is 4. The molecule has 1 amide bonds. The minimum Gasteiger partial charge on any atom is -0.454 e. The molecule has 3 rings (SSSR count). The first-order chi connectivity index (χ1) is 11.1. The molecule has 0 bridgehead atoms. The Hall–Kier alpha value is -2.76. The fourth-order valence-corrected chi connectivity index (χ4v) is 2.29. The summed E-state index contributed by atoms with van der Waals surface area (Å²) < 4.78 is 12.4. The van der Waals surface area contributed by atoms with Gasteiger partial charge in [0.2, 0.25) is 12.7 Å². The van der Waals surface area contributed by atoms with E-state index in [1.165, 1.54) is 6.08 Å². The summed E-state index contributed by atoms with van der Waals surface area (Å²) >= 11 is 0. The van der Waals surface area contributed by atoms with E-state index in [0.29, 0.717) is 17.5 Å². The van der Waals surface area contributed by atoms with Crippen molar-refractivity contribution in [1.29, 1.82) is 0 Å². The molecule has 0 saturated heterocycles. The van der Waals surface area contributed by atoms with Crippen LogP contribution in [0.2, 0.25) is 0 Å². The molecule has 6 nitrogen and oxygen atoms in total. The Morgan fingerprint density at radius 1 is 1.35 bits per heavy atom. The van der Waals surface area contributed by atoms with Gasteiger partial charge in [0.25, 0.3) is 0 Å². The zero-order chi connectivity index (χ0) is 16.2. The lowest BCUT2D eigenvalue weighted by Gasteiger charge is -2.09. The molecule has 0 saturated carbocycles. The van der Waals surface area contributed by atoms with Gasteiger partial charge >= 0.3 is 0 Å². The Balaban J connectivity index is 1.64. The summed E-state index contributed by atoms with van der Waals surface area (Å²) in [7, 11) is 0. The largest absolute Gasteiger partial charge is 0.454 e. The number of anilines is 1. The zero-order valence-corrected chi connectivity index (χ0v) is 13.2. The standard InChI is InChI=1S/C17H19N3O3/c1-12(2)10-20-16(7-8-18-20)19-17(21)6-4-13-3-5-14-15(9-13)23-11-22-14/h3-9,12H,10-11H2,1-2H3,(H,19,21)/b6-4+. The van der Waals surface area contributed by atoms with E-state index >= 15 is 0 Å². The Morgan fingerprint density at radius 2 is 2.17 bits per heavy atom. The lowest BCUT2D eigenvalue weighted by molar-refractivity contribution is -0.111. The molecule has 0 fully saturated rings. The topological polar surface area (TPSA) is 65.4 Å². The average Bonchev–Trinajstić information content (AvgIpc) is 3.13. The first kappa shape index (κ1) is 15.1. The van der Waals surface area contributed by atoms with Crippen LogP contribution < -0.4 is 14.8 Å². The molecule has 1 aliphatic rings. The van der Waals surface area contributed by atoms with Crippen LogP contribution in [0, 0.1) is 5.92 Å². The molecule has 0 radical (unpaired) electrons. The fraction of sp³-hybridized carbons (Fsp3) is 0.294. The first-order valence-corrected chi connectivity index (χ1v) is 7.52. The van der Waals surface area contributed by atoms with Gasteiger partial charge in [0.05, 0.1) is 6.20 Å². The Labute approximate surface area is 134 Å². The molecule has 6 heteroatoms. The Kier molecular flexibility index (Phi) is 4.32. The van der Waals surface area contributed by atoms with Crippen LogP contribution in [0.25, 0.3) is 6.08 Å². The van der Waals surface area contributed by atoms with E-state index in [-0.39, 0.29) is 12.7 Å². The third-order valence-electron chi connectivity index (χ3n) is 3.33. The number of hydrogen-bond donors (Lipinski definition) is 1. The van der Waals surface area contributed by atoms with E-state index in [9.17, 15) is 4.79 Å². The van der Waals surface area contributed by atoms with E-state index in [2.05, 4.69) is 24.3 Å². The second-order valence-corrected chi connectivity index (χ2v) is 5.73. The summed E-state index contributed by atoms with van der Waals surface area (Å²) in [5.74, 6) is 2.37. The highest BCUT2D eigenvalue weighted by atomic mass is 16.7. The number of nitrogens with one attached hydrogen (secondary N) is 1. The Bertz CT molecular complexity index is 734. The number of nitrogens with zero attached hydrogens (tertiary/aromatic N) is 2. The number of carbonyl (C=O) groups is 1. The number of ether oxygens (including phenoxy) is 2. The summed E-state index contributed by atoms with van der Waals surface area (Å²) in [6.07, 6.45) is 4.91. The van der Waals surface area contributed by atoms with Gasteiger partial charge < -0.3 is 14.8 Å². The lowest BCUT2D eigenvalue weighted by atomic mass is 10.2. The lowest BCUT2D eigenvalue weighted by Crippen LogP contribution is -2.15. The smallest absolute Gasteiger partial charge is 0.249 e. The van der Waals surface area contributed by atoms with Gasteiger partial charge in [-0.25, -0.2) is 4.68 Å². The maximum atomic E-state index is 12.1. The van der Waals surface area contributed by atoms with Gasteiger partial charge in [-0.3, -0.25) is 4.79 Å². The Morgan fingerprint density at radius 3 is 3.00 bits per heavy atom. The number of benzene rings is 1.